The molecular formula is C17H26FNO2. The zero-order chi connectivity index (χ0) is 15.3. The van der Waals surface area contributed by atoms with Gasteiger partial charge in [0.2, 0.25) is 0 Å². The minimum Gasteiger partial charge on any atom is -0.497 e. The van der Waals surface area contributed by atoms with E-state index in [2.05, 4.69) is 5.32 Å². The van der Waals surface area contributed by atoms with Crippen LogP contribution in [0.25, 0.3) is 0 Å². The van der Waals surface area contributed by atoms with Crippen molar-refractivity contribution in [1.82, 2.24) is 5.32 Å². The number of methoxy groups -OCH3 is 1. The molecular weight excluding hydrogens is 269 g/mol. The van der Waals surface area contributed by atoms with Crippen LogP contribution < -0.4 is 10.1 Å². The third-order valence-electron chi connectivity index (χ3n) is 4.77. The Hall–Kier alpha value is -1.13. The molecule has 0 saturated heterocycles. The van der Waals surface area contributed by atoms with Crippen LogP contribution in [0.15, 0.2) is 18.2 Å². The van der Waals surface area contributed by atoms with E-state index in [1.54, 1.807) is 19.2 Å². The van der Waals surface area contributed by atoms with Gasteiger partial charge in [0.15, 0.2) is 0 Å². The van der Waals surface area contributed by atoms with Gasteiger partial charge in [0.25, 0.3) is 0 Å². The molecule has 0 radical (unpaired) electrons. The van der Waals surface area contributed by atoms with Crippen molar-refractivity contribution in [2.45, 2.75) is 51.1 Å². The number of nitrogens with one attached hydrogen (secondary N) is 1. The lowest BCUT2D eigenvalue weighted by atomic mass is 9.76. The second-order valence-corrected chi connectivity index (χ2v) is 6.22. The average Bonchev–Trinajstić information content (AvgIpc) is 2.54. The highest BCUT2D eigenvalue weighted by atomic mass is 19.1. The third kappa shape index (κ3) is 3.95. The van der Waals surface area contributed by atoms with Crippen LogP contribution in [0.1, 0.15) is 44.6 Å². The molecule has 118 valence electrons. The van der Waals surface area contributed by atoms with Gasteiger partial charge in [0.1, 0.15) is 11.6 Å². The maximum Gasteiger partial charge on any atom is 0.127 e. The fraction of sp³-hybridized carbons (Fsp3) is 0.647. The summed E-state index contributed by atoms with van der Waals surface area (Å²) < 4.78 is 19.0. The van der Waals surface area contributed by atoms with E-state index >= 15 is 0 Å². The molecule has 1 atom stereocenters. The smallest absolute Gasteiger partial charge is 0.127 e. The van der Waals surface area contributed by atoms with Gasteiger partial charge in [0, 0.05) is 17.6 Å². The molecule has 0 aliphatic heterocycles. The quantitative estimate of drug-likeness (QED) is 0.846. The van der Waals surface area contributed by atoms with Gasteiger partial charge < -0.3 is 15.2 Å². The molecule has 0 amide bonds. The summed E-state index contributed by atoms with van der Waals surface area (Å²) in [6.45, 7) is 2.51. The fourth-order valence-electron chi connectivity index (χ4n) is 3.18. The molecule has 2 rings (SSSR count). The summed E-state index contributed by atoms with van der Waals surface area (Å²) in [5.41, 5.74) is 0.223. The van der Waals surface area contributed by atoms with E-state index in [-0.39, 0.29) is 18.0 Å². The average molecular weight is 295 g/mol. The monoisotopic (exact) mass is 295 g/mol. The molecule has 3 nitrogen and oxygen atoms in total. The van der Waals surface area contributed by atoms with Gasteiger partial charge in [-0.15, -0.1) is 0 Å². The van der Waals surface area contributed by atoms with Crippen molar-refractivity contribution in [3.05, 3.63) is 29.6 Å². The number of halogens is 1. The topological polar surface area (TPSA) is 41.5 Å². The lowest BCUT2D eigenvalue weighted by Gasteiger charge is -2.39. The summed E-state index contributed by atoms with van der Waals surface area (Å²) in [7, 11) is 1.57. The molecule has 1 unspecified atom stereocenters. The lowest BCUT2D eigenvalue weighted by Crippen LogP contribution is -2.52. The number of hydrogen-bond acceptors (Lipinski definition) is 3. The summed E-state index contributed by atoms with van der Waals surface area (Å²) in [5.74, 6) is 0.855. The van der Waals surface area contributed by atoms with Crippen molar-refractivity contribution < 1.29 is 14.2 Å². The lowest BCUT2D eigenvalue weighted by molar-refractivity contribution is 0.0934. The fourth-order valence-corrected chi connectivity index (χ4v) is 3.18. The van der Waals surface area contributed by atoms with Crippen LogP contribution in [0.3, 0.4) is 0 Å². The van der Waals surface area contributed by atoms with Crippen LogP contribution in [-0.2, 0) is 6.54 Å². The van der Waals surface area contributed by atoms with Crippen LogP contribution >= 0.6 is 0 Å². The minimum atomic E-state index is -0.351. The molecule has 0 heterocycles. The summed E-state index contributed by atoms with van der Waals surface area (Å²) in [6.07, 6.45) is 5.97. The first-order chi connectivity index (χ1) is 10.1. The number of rotatable bonds is 6. The van der Waals surface area contributed by atoms with Crippen molar-refractivity contribution in [3.63, 3.8) is 0 Å². The summed E-state index contributed by atoms with van der Waals surface area (Å²) in [5, 5.41) is 13.2. The standard InChI is InChI=1S/C17H26FNO2/c1-17(12-20,14-6-4-3-5-7-14)19-11-13-10-15(21-2)8-9-16(13)18/h8-10,14,19-20H,3-7,11-12H2,1-2H3. The SMILES string of the molecule is COc1ccc(F)c(CNC(C)(CO)C2CCCCC2)c1. The number of aliphatic hydroxyl groups is 1. The van der Waals surface area contributed by atoms with Gasteiger partial charge in [-0.1, -0.05) is 19.3 Å². The van der Waals surface area contributed by atoms with Crippen molar-refractivity contribution >= 4 is 0 Å². The van der Waals surface area contributed by atoms with Gasteiger partial charge in [0.05, 0.1) is 13.7 Å². The molecule has 21 heavy (non-hydrogen) atoms. The van der Waals surface area contributed by atoms with E-state index in [0.29, 0.717) is 23.8 Å². The number of benzene rings is 1. The molecule has 0 bridgehead atoms. The molecule has 1 aliphatic rings. The van der Waals surface area contributed by atoms with E-state index in [4.69, 9.17) is 4.74 Å². The molecule has 1 aliphatic carbocycles. The van der Waals surface area contributed by atoms with Crippen molar-refractivity contribution in [1.29, 1.82) is 0 Å². The Morgan fingerprint density at radius 2 is 2.05 bits per heavy atom. The summed E-state index contributed by atoms with van der Waals surface area (Å²) in [4.78, 5) is 0. The van der Waals surface area contributed by atoms with Crippen LogP contribution in [0.4, 0.5) is 4.39 Å². The highest BCUT2D eigenvalue weighted by Crippen LogP contribution is 2.32. The normalized spacial score (nSPS) is 19.2. The summed E-state index contributed by atoms with van der Waals surface area (Å²) >= 11 is 0. The first-order valence-corrected chi connectivity index (χ1v) is 7.77. The Bertz CT molecular complexity index is 460. The Kier molecular flexibility index (Phi) is 5.59. The van der Waals surface area contributed by atoms with Gasteiger partial charge in [-0.25, -0.2) is 4.39 Å². The van der Waals surface area contributed by atoms with Crippen molar-refractivity contribution in [2.24, 2.45) is 5.92 Å². The molecule has 1 fully saturated rings. The Morgan fingerprint density at radius 1 is 1.33 bits per heavy atom. The Balaban J connectivity index is 2.05. The first kappa shape index (κ1) is 16.2. The number of aliphatic hydroxyl groups excluding tert-OH is 1. The molecule has 0 spiro atoms. The largest absolute Gasteiger partial charge is 0.497 e. The van der Waals surface area contributed by atoms with E-state index < -0.39 is 0 Å². The predicted molar refractivity (Wildman–Crippen MR) is 81.9 cm³/mol. The highest BCUT2D eigenvalue weighted by Gasteiger charge is 2.34. The van der Waals surface area contributed by atoms with E-state index in [9.17, 15) is 9.50 Å². The molecule has 1 aromatic carbocycles. The maximum atomic E-state index is 13.9. The van der Waals surface area contributed by atoms with Gasteiger partial charge in [-0.05, 0) is 43.9 Å². The predicted octanol–water partition coefficient (Wildman–Crippen LogP) is 3.26. The van der Waals surface area contributed by atoms with Crippen LogP contribution in [-0.4, -0.2) is 24.4 Å². The maximum absolute atomic E-state index is 13.9. The van der Waals surface area contributed by atoms with Gasteiger partial charge in [-0.2, -0.15) is 0 Å². The molecule has 2 N–H and O–H groups in total. The van der Waals surface area contributed by atoms with Crippen molar-refractivity contribution in [2.75, 3.05) is 13.7 Å². The van der Waals surface area contributed by atoms with Gasteiger partial charge >= 0.3 is 0 Å². The zero-order valence-corrected chi connectivity index (χ0v) is 13.0. The van der Waals surface area contributed by atoms with E-state index in [1.165, 1.54) is 25.3 Å². The molecule has 1 saturated carbocycles. The van der Waals surface area contributed by atoms with Crippen LogP contribution in [0.2, 0.25) is 0 Å². The second kappa shape index (κ2) is 7.23. The minimum absolute atomic E-state index is 0.0727. The zero-order valence-electron chi connectivity index (χ0n) is 13.0. The number of ether oxygens (including phenoxy) is 1. The highest BCUT2D eigenvalue weighted by molar-refractivity contribution is 5.29. The van der Waals surface area contributed by atoms with Crippen LogP contribution in [0, 0.1) is 11.7 Å². The molecule has 1 aromatic rings. The van der Waals surface area contributed by atoms with Crippen molar-refractivity contribution in [3.8, 4) is 5.75 Å². The Morgan fingerprint density at radius 3 is 2.67 bits per heavy atom. The van der Waals surface area contributed by atoms with Crippen LogP contribution in [0.5, 0.6) is 5.75 Å². The first-order valence-electron chi connectivity index (χ1n) is 7.77. The van der Waals surface area contributed by atoms with Gasteiger partial charge in [-0.3, -0.25) is 0 Å². The van der Waals surface area contributed by atoms with E-state index in [0.717, 1.165) is 12.8 Å². The summed E-state index contributed by atoms with van der Waals surface area (Å²) in [6, 6.07) is 4.75. The van der Waals surface area contributed by atoms with E-state index in [1.807, 2.05) is 6.92 Å². The number of hydrogen-bond donors (Lipinski definition) is 2. The Labute approximate surface area is 126 Å². The molecule has 4 heteroatoms. The third-order valence-corrected chi connectivity index (χ3v) is 4.77. The molecule has 0 aromatic heterocycles. The second-order valence-electron chi connectivity index (χ2n) is 6.22.